The molecule has 0 aliphatic carbocycles. The van der Waals surface area contributed by atoms with Crippen molar-refractivity contribution in [3.63, 3.8) is 0 Å². The van der Waals surface area contributed by atoms with Gasteiger partial charge in [0.15, 0.2) is 0 Å². The third kappa shape index (κ3) is 3.67. The van der Waals surface area contributed by atoms with Crippen LogP contribution in [0.2, 0.25) is 0 Å². The Kier molecular flexibility index (Phi) is 5.45. The smallest absolute Gasteiger partial charge is 0.335 e. The van der Waals surface area contributed by atoms with Gasteiger partial charge in [-0.1, -0.05) is 0 Å². The van der Waals surface area contributed by atoms with E-state index >= 15 is 0 Å². The largest absolute Gasteiger partial charge is 0.478 e. The Labute approximate surface area is 116 Å². The molecule has 110 valence electrons. The second kappa shape index (κ2) is 6.85. The highest BCUT2D eigenvalue weighted by Gasteiger charge is 2.23. The lowest BCUT2D eigenvalue weighted by atomic mass is 10.1. The predicted octanol–water partition coefficient (Wildman–Crippen LogP) is 2.15. The van der Waals surface area contributed by atoms with E-state index in [4.69, 9.17) is 9.84 Å². The monoisotopic (exact) mass is 282 g/mol. The van der Waals surface area contributed by atoms with Crippen LogP contribution in [-0.2, 0) is 4.74 Å². The zero-order valence-electron chi connectivity index (χ0n) is 11.7. The molecular weight excluding hydrogens is 264 g/mol. The van der Waals surface area contributed by atoms with Crippen LogP contribution in [0.25, 0.3) is 0 Å². The summed E-state index contributed by atoms with van der Waals surface area (Å²) in [6, 6.07) is 3.77. The maximum atomic E-state index is 11.1. The summed E-state index contributed by atoms with van der Waals surface area (Å²) in [5.74, 6) is -1.11. The first-order valence-corrected chi connectivity index (χ1v) is 6.15. The maximum absolute atomic E-state index is 11.1. The third-order valence-electron chi connectivity index (χ3n) is 2.89. The molecule has 0 saturated carbocycles. The summed E-state index contributed by atoms with van der Waals surface area (Å²) in [5.41, 5.74) is 0.204. The summed E-state index contributed by atoms with van der Waals surface area (Å²) >= 11 is 0. The standard InChI is InChI=1S/C13H18N2O5/c1-9(2)14(6-7-20-3)12-8-10(13(16)17)4-5-11(12)15(18)19/h4-5,8-9H,6-7H2,1-3H3,(H,16,17). The van der Waals surface area contributed by atoms with Gasteiger partial charge < -0.3 is 14.7 Å². The Bertz CT molecular complexity index is 502. The number of aromatic carboxylic acids is 1. The van der Waals surface area contributed by atoms with Crippen LogP contribution in [0.1, 0.15) is 24.2 Å². The number of ether oxygens (including phenoxy) is 1. The molecule has 0 bridgehead atoms. The molecule has 7 heteroatoms. The van der Waals surface area contributed by atoms with E-state index in [9.17, 15) is 14.9 Å². The summed E-state index contributed by atoms with van der Waals surface area (Å²) in [7, 11) is 1.54. The van der Waals surface area contributed by atoms with E-state index in [0.29, 0.717) is 18.8 Å². The molecular formula is C13H18N2O5. The molecule has 0 saturated heterocycles. The molecule has 0 fully saturated rings. The fourth-order valence-electron chi connectivity index (χ4n) is 1.89. The lowest BCUT2D eigenvalue weighted by Gasteiger charge is -2.28. The number of hydrogen-bond acceptors (Lipinski definition) is 5. The molecule has 0 atom stereocenters. The fraction of sp³-hybridized carbons (Fsp3) is 0.462. The number of nitro groups is 1. The van der Waals surface area contributed by atoms with Crippen LogP contribution in [0, 0.1) is 10.1 Å². The Hall–Kier alpha value is -2.15. The van der Waals surface area contributed by atoms with Crippen LogP contribution >= 0.6 is 0 Å². The average Bonchev–Trinajstić information content (AvgIpc) is 2.38. The maximum Gasteiger partial charge on any atom is 0.335 e. The molecule has 0 aliphatic rings. The molecule has 0 spiro atoms. The van der Waals surface area contributed by atoms with E-state index < -0.39 is 10.9 Å². The number of carboxylic acids is 1. The van der Waals surface area contributed by atoms with E-state index in [1.807, 2.05) is 13.8 Å². The predicted molar refractivity (Wildman–Crippen MR) is 74.4 cm³/mol. The average molecular weight is 282 g/mol. The fourth-order valence-corrected chi connectivity index (χ4v) is 1.89. The lowest BCUT2D eigenvalue weighted by molar-refractivity contribution is -0.384. The van der Waals surface area contributed by atoms with E-state index in [-0.39, 0.29) is 17.3 Å². The van der Waals surface area contributed by atoms with Gasteiger partial charge in [0.2, 0.25) is 0 Å². The van der Waals surface area contributed by atoms with Gasteiger partial charge in [0.1, 0.15) is 5.69 Å². The molecule has 1 rings (SSSR count). The van der Waals surface area contributed by atoms with Crippen molar-refractivity contribution in [1.29, 1.82) is 0 Å². The van der Waals surface area contributed by atoms with Gasteiger partial charge in [-0.2, -0.15) is 0 Å². The second-order valence-electron chi connectivity index (χ2n) is 4.55. The number of methoxy groups -OCH3 is 1. The van der Waals surface area contributed by atoms with Crippen LogP contribution < -0.4 is 4.90 Å². The van der Waals surface area contributed by atoms with E-state index in [2.05, 4.69) is 0 Å². The van der Waals surface area contributed by atoms with Crippen LogP contribution in [0.15, 0.2) is 18.2 Å². The minimum absolute atomic E-state index is 0.0205. The first-order chi connectivity index (χ1) is 9.38. The van der Waals surface area contributed by atoms with Crippen molar-refractivity contribution in [3.05, 3.63) is 33.9 Å². The zero-order valence-corrected chi connectivity index (χ0v) is 11.7. The lowest BCUT2D eigenvalue weighted by Crippen LogP contribution is -2.34. The van der Waals surface area contributed by atoms with Crippen LogP contribution in [-0.4, -0.2) is 42.3 Å². The topological polar surface area (TPSA) is 92.9 Å². The first kappa shape index (κ1) is 15.9. The summed E-state index contributed by atoms with van der Waals surface area (Å²) in [6.07, 6.45) is 0. The number of nitro benzene ring substituents is 1. The molecule has 1 N–H and O–H groups in total. The molecule has 0 amide bonds. The van der Waals surface area contributed by atoms with Gasteiger partial charge in [0.05, 0.1) is 17.1 Å². The van der Waals surface area contributed by atoms with Gasteiger partial charge in [0, 0.05) is 25.8 Å². The highest BCUT2D eigenvalue weighted by atomic mass is 16.6. The highest BCUT2D eigenvalue weighted by molar-refractivity contribution is 5.90. The van der Waals surface area contributed by atoms with Crippen molar-refractivity contribution >= 4 is 17.3 Å². The van der Waals surface area contributed by atoms with Gasteiger partial charge in [0.25, 0.3) is 5.69 Å². The first-order valence-electron chi connectivity index (χ1n) is 6.15. The molecule has 0 unspecified atom stereocenters. The number of nitrogens with zero attached hydrogens (tertiary/aromatic N) is 2. The Balaban J connectivity index is 3.30. The van der Waals surface area contributed by atoms with E-state index in [1.165, 1.54) is 18.2 Å². The highest BCUT2D eigenvalue weighted by Crippen LogP contribution is 2.30. The second-order valence-corrected chi connectivity index (χ2v) is 4.55. The van der Waals surface area contributed by atoms with Gasteiger partial charge in [-0.05, 0) is 26.0 Å². The van der Waals surface area contributed by atoms with Gasteiger partial charge >= 0.3 is 5.97 Å². The normalized spacial score (nSPS) is 10.6. The summed E-state index contributed by atoms with van der Waals surface area (Å²) in [4.78, 5) is 23.4. The van der Waals surface area contributed by atoms with Gasteiger partial charge in [-0.15, -0.1) is 0 Å². The van der Waals surface area contributed by atoms with Crippen molar-refractivity contribution in [1.82, 2.24) is 0 Å². The molecule has 7 nitrogen and oxygen atoms in total. The van der Waals surface area contributed by atoms with E-state index in [0.717, 1.165) is 0 Å². The third-order valence-corrected chi connectivity index (χ3v) is 2.89. The Morgan fingerprint density at radius 3 is 2.60 bits per heavy atom. The minimum atomic E-state index is -1.11. The molecule has 1 aromatic carbocycles. The number of benzene rings is 1. The molecule has 0 radical (unpaired) electrons. The minimum Gasteiger partial charge on any atom is -0.478 e. The van der Waals surface area contributed by atoms with Crippen molar-refractivity contribution in [2.75, 3.05) is 25.2 Å². The Morgan fingerprint density at radius 2 is 2.15 bits per heavy atom. The molecule has 0 aliphatic heterocycles. The molecule has 0 aromatic heterocycles. The zero-order chi connectivity index (χ0) is 15.3. The number of carboxylic acid groups (broad SMARTS) is 1. The summed E-state index contributed by atoms with van der Waals surface area (Å²) < 4.78 is 4.99. The van der Waals surface area contributed by atoms with Gasteiger partial charge in [-0.3, -0.25) is 10.1 Å². The number of carbonyl (C=O) groups is 1. The van der Waals surface area contributed by atoms with Crippen LogP contribution in [0.3, 0.4) is 0 Å². The van der Waals surface area contributed by atoms with Crippen LogP contribution in [0.5, 0.6) is 0 Å². The summed E-state index contributed by atoms with van der Waals surface area (Å²) in [6.45, 7) is 4.60. The molecule has 20 heavy (non-hydrogen) atoms. The molecule has 0 heterocycles. The van der Waals surface area contributed by atoms with Crippen molar-refractivity contribution in [2.45, 2.75) is 19.9 Å². The van der Waals surface area contributed by atoms with E-state index in [1.54, 1.807) is 12.0 Å². The van der Waals surface area contributed by atoms with Crippen molar-refractivity contribution in [3.8, 4) is 0 Å². The number of anilines is 1. The number of hydrogen-bond donors (Lipinski definition) is 1. The van der Waals surface area contributed by atoms with Crippen molar-refractivity contribution in [2.24, 2.45) is 0 Å². The van der Waals surface area contributed by atoms with Crippen LogP contribution in [0.4, 0.5) is 11.4 Å². The quantitative estimate of drug-likeness (QED) is 0.608. The van der Waals surface area contributed by atoms with Gasteiger partial charge in [-0.25, -0.2) is 4.79 Å². The summed E-state index contributed by atoms with van der Waals surface area (Å²) in [5, 5.41) is 20.1. The Morgan fingerprint density at radius 1 is 1.50 bits per heavy atom. The number of rotatable bonds is 7. The van der Waals surface area contributed by atoms with Crippen molar-refractivity contribution < 1.29 is 19.6 Å². The SMILES string of the molecule is COCCN(c1cc(C(=O)O)ccc1[N+](=O)[O-])C(C)C. The molecule has 1 aromatic rings.